The Kier molecular flexibility index (Phi) is 9.43. The predicted octanol–water partition coefficient (Wildman–Crippen LogP) is 2.46. The quantitative estimate of drug-likeness (QED) is 0.461. The lowest BCUT2D eigenvalue weighted by Gasteiger charge is -2.25. The molecular weight excluding hydrogens is 394 g/mol. The summed E-state index contributed by atoms with van der Waals surface area (Å²) in [7, 11) is 0. The molecule has 1 saturated carbocycles. The van der Waals surface area contributed by atoms with Crippen molar-refractivity contribution in [3.63, 3.8) is 0 Å². The number of carbonyl (C=O) groups is 3. The molecule has 0 bridgehead atoms. The summed E-state index contributed by atoms with van der Waals surface area (Å²) in [5, 5.41) is 13.9. The molecule has 10 heteroatoms. The van der Waals surface area contributed by atoms with Gasteiger partial charge in [-0.25, -0.2) is 4.79 Å². The molecule has 1 aromatic rings. The highest BCUT2D eigenvalue weighted by molar-refractivity contribution is 7.99. The average Bonchev–Trinajstić information content (AvgIpc) is 3.08. The van der Waals surface area contributed by atoms with Crippen LogP contribution in [0.5, 0.6) is 0 Å². The normalized spacial score (nSPS) is 14.6. The Hall–Kier alpha value is -2.10. The summed E-state index contributed by atoms with van der Waals surface area (Å²) in [6.45, 7) is 6.53. The molecule has 0 aromatic carbocycles. The third kappa shape index (κ3) is 7.68. The van der Waals surface area contributed by atoms with Crippen molar-refractivity contribution in [3.05, 3.63) is 5.82 Å². The highest BCUT2D eigenvalue weighted by Crippen LogP contribution is 2.32. The first-order valence-electron chi connectivity index (χ1n) is 10.2. The molecule has 1 heterocycles. The predicted molar refractivity (Wildman–Crippen MR) is 110 cm³/mol. The molecule has 3 amide bonds. The van der Waals surface area contributed by atoms with Gasteiger partial charge in [-0.2, -0.15) is 0 Å². The molecule has 9 nitrogen and oxygen atoms in total. The van der Waals surface area contributed by atoms with Gasteiger partial charge in [0.1, 0.15) is 12.2 Å². The maximum atomic E-state index is 12.1. The van der Waals surface area contributed by atoms with E-state index in [1.807, 2.05) is 18.4 Å². The van der Waals surface area contributed by atoms with Crippen LogP contribution >= 0.6 is 11.8 Å². The second-order valence-corrected chi connectivity index (χ2v) is 8.43. The van der Waals surface area contributed by atoms with E-state index < -0.39 is 11.9 Å². The second kappa shape index (κ2) is 11.8. The number of nitrogens with zero attached hydrogens (tertiary/aromatic N) is 3. The first-order chi connectivity index (χ1) is 13.9. The Balaban J connectivity index is 2.01. The smallest absolute Gasteiger partial charge is 0.321 e. The topological polar surface area (TPSA) is 115 Å². The number of aromatic nitrogens is 3. The summed E-state index contributed by atoms with van der Waals surface area (Å²) in [6.07, 6.45) is 5.46. The highest BCUT2D eigenvalue weighted by Gasteiger charge is 2.25. The van der Waals surface area contributed by atoms with Crippen molar-refractivity contribution in [1.29, 1.82) is 0 Å². The summed E-state index contributed by atoms with van der Waals surface area (Å²) >= 11 is 1.22. The molecule has 0 aliphatic heterocycles. The SMILES string of the molecule is CCOC(=O)Cc1nnc(SCC(=O)NC(=O)NCC(C)C)n1C1CCCCC1. The molecule has 0 radical (unpaired) electrons. The number of nitrogens with one attached hydrogen (secondary N) is 2. The molecule has 0 unspecified atom stereocenters. The zero-order chi connectivity index (χ0) is 21.2. The summed E-state index contributed by atoms with van der Waals surface area (Å²) in [4.78, 5) is 35.8. The van der Waals surface area contributed by atoms with Crippen LogP contribution in [0, 0.1) is 5.92 Å². The molecule has 0 atom stereocenters. The summed E-state index contributed by atoms with van der Waals surface area (Å²) in [5.41, 5.74) is 0. The molecule has 29 heavy (non-hydrogen) atoms. The van der Waals surface area contributed by atoms with Crippen LogP contribution in [0.15, 0.2) is 5.16 Å². The van der Waals surface area contributed by atoms with Gasteiger partial charge >= 0.3 is 12.0 Å². The van der Waals surface area contributed by atoms with E-state index in [2.05, 4.69) is 20.8 Å². The third-order valence-corrected chi connectivity index (χ3v) is 5.48. The fourth-order valence-electron chi connectivity index (χ4n) is 3.21. The fraction of sp³-hybridized carbons (Fsp3) is 0.737. The number of thioether (sulfide) groups is 1. The summed E-state index contributed by atoms with van der Waals surface area (Å²) in [5.74, 6) is 0.166. The molecule has 1 aliphatic carbocycles. The number of hydrogen-bond donors (Lipinski definition) is 2. The van der Waals surface area contributed by atoms with Crippen molar-refractivity contribution < 1.29 is 19.1 Å². The average molecular weight is 426 g/mol. The van der Waals surface area contributed by atoms with Gasteiger partial charge in [-0.15, -0.1) is 10.2 Å². The van der Waals surface area contributed by atoms with Gasteiger partial charge in [0.15, 0.2) is 5.16 Å². The van der Waals surface area contributed by atoms with Crippen LogP contribution in [0.2, 0.25) is 0 Å². The van der Waals surface area contributed by atoms with Gasteiger partial charge in [0.25, 0.3) is 0 Å². The fourth-order valence-corrected chi connectivity index (χ4v) is 4.03. The minimum atomic E-state index is -0.499. The van der Waals surface area contributed by atoms with E-state index in [4.69, 9.17) is 4.74 Å². The molecule has 162 valence electrons. The lowest BCUT2D eigenvalue weighted by atomic mass is 9.95. The number of amides is 3. The maximum Gasteiger partial charge on any atom is 0.321 e. The first kappa shape index (κ1) is 23.2. The maximum absolute atomic E-state index is 12.1. The van der Waals surface area contributed by atoms with Gasteiger partial charge in [0.2, 0.25) is 5.91 Å². The van der Waals surface area contributed by atoms with Crippen molar-refractivity contribution in [2.24, 2.45) is 5.92 Å². The van der Waals surface area contributed by atoms with Crippen molar-refractivity contribution in [2.75, 3.05) is 18.9 Å². The Morgan fingerprint density at radius 3 is 2.59 bits per heavy atom. The van der Waals surface area contributed by atoms with Crippen molar-refractivity contribution in [2.45, 2.75) is 70.5 Å². The van der Waals surface area contributed by atoms with E-state index in [1.54, 1.807) is 6.92 Å². The molecule has 1 aliphatic rings. The largest absolute Gasteiger partial charge is 0.466 e. The van der Waals surface area contributed by atoms with Gasteiger partial charge in [-0.1, -0.05) is 44.9 Å². The number of rotatable bonds is 9. The van der Waals surface area contributed by atoms with Crippen LogP contribution in [0.25, 0.3) is 0 Å². The Morgan fingerprint density at radius 2 is 1.93 bits per heavy atom. The van der Waals surface area contributed by atoms with Crippen molar-refractivity contribution in [3.8, 4) is 0 Å². The van der Waals surface area contributed by atoms with E-state index in [9.17, 15) is 14.4 Å². The second-order valence-electron chi connectivity index (χ2n) is 7.48. The van der Waals surface area contributed by atoms with Crippen LogP contribution in [0.3, 0.4) is 0 Å². The van der Waals surface area contributed by atoms with Crippen LogP contribution < -0.4 is 10.6 Å². The number of esters is 1. The van der Waals surface area contributed by atoms with Crippen molar-refractivity contribution in [1.82, 2.24) is 25.4 Å². The van der Waals surface area contributed by atoms with E-state index >= 15 is 0 Å². The zero-order valence-electron chi connectivity index (χ0n) is 17.4. The van der Waals surface area contributed by atoms with Gasteiger partial charge in [-0.3, -0.25) is 14.9 Å². The number of carbonyl (C=O) groups excluding carboxylic acids is 3. The first-order valence-corrected chi connectivity index (χ1v) is 11.2. The monoisotopic (exact) mass is 425 g/mol. The highest BCUT2D eigenvalue weighted by atomic mass is 32.2. The Bertz CT molecular complexity index is 701. The minimum Gasteiger partial charge on any atom is -0.466 e. The van der Waals surface area contributed by atoms with Crippen molar-refractivity contribution >= 4 is 29.7 Å². The van der Waals surface area contributed by atoms with Gasteiger partial charge < -0.3 is 14.6 Å². The van der Waals surface area contributed by atoms with Crippen LogP contribution in [-0.4, -0.2) is 51.6 Å². The number of ether oxygens (including phenoxy) is 1. The molecular formula is C19H31N5O4S. The number of urea groups is 1. The van der Waals surface area contributed by atoms with Crippen LogP contribution in [0.4, 0.5) is 4.79 Å². The molecule has 1 fully saturated rings. The number of imide groups is 1. The standard InChI is InChI=1S/C19H31N5O4S/c1-4-28-17(26)10-15-22-23-19(24(15)14-8-6-5-7-9-14)29-12-16(25)21-18(27)20-11-13(2)3/h13-14H,4-12H2,1-3H3,(H2,20,21,25,27). The van der Waals surface area contributed by atoms with E-state index in [0.717, 1.165) is 25.7 Å². The van der Waals surface area contributed by atoms with E-state index in [-0.39, 0.29) is 24.2 Å². The van der Waals surface area contributed by atoms with Crippen LogP contribution in [-0.2, 0) is 20.7 Å². The molecule has 0 spiro atoms. The summed E-state index contributed by atoms with van der Waals surface area (Å²) in [6, 6.07) is -0.288. The minimum absolute atomic E-state index is 0.0410. The Morgan fingerprint density at radius 1 is 1.21 bits per heavy atom. The zero-order valence-corrected chi connectivity index (χ0v) is 18.2. The lowest BCUT2D eigenvalue weighted by molar-refractivity contribution is -0.142. The third-order valence-electron chi connectivity index (χ3n) is 4.54. The van der Waals surface area contributed by atoms with Gasteiger partial charge in [0, 0.05) is 12.6 Å². The molecule has 2 N–H and O–H groups in total. The lowest BCUT2D eigenvalue weighted by Crippen LogP contribution is -2.41. The molecule has 0 saturated heterocycles. The van der Waals surface area contributed by atoms with Gasteiger partial charge in [-0.05, 0) is 25.7 Å². The van der Waals surface area contributed by atoms with Crippen LogP contribution in [0.1, 0.15) is 64.7 Å². The van der Waals surface area contributed by atoms with Gasteiger partial charge in [0.05, 0.1) is 12.4 Å². The molecule has 1 aromatic heterocycles. The summed E-state index contributed by atoms with van der Waals surface area (Å²) < 4.78 is 7.02. The molecule has 2 rings (SSSR count). The van der Waals surface area contributed by atoms with E-state index in [0.29, 0.717) is 30.1 Å². The van der Waals surface area contributed by atoms with E-state index in [1.165, 1.54) is 18.2 Å². The Labute approximate surface area is 175 Å². The number of hydrogen-bond acceptors (Lipinski definition) is 7.